The molecule has 0 aliphatic rings. The van der Waals surface area contributed by atoms with Crippen molar-refractivity contribution in [2.45, 2.75) is 26.2 Å². The largest absolute Gasteiger partial charge is 0.330 e. The van der Waals surface area contributed by atoms with E-state index in [4.69, 9.17) is 5.73 Å². The zero-order valence-corrected chi connectivity index (χ0v) is 7.88. The number of hydrogen-bond donors (Lipinski definition) is 1. The van der Waals surface area contributed by atoms with Gasteiger partial charge in [0.1, 0.15) is 0 Å². The number of aryl methyl sites for hydroxylation is 2. The van der Waals surface area contributed by atoms with Gasteiger partial charge >= 0.3 is 0 Å². The van der Waals surface area contributed by atoms with Gasteiger partial charge in [0.05, 0.1) is 5.69 Å². The number of aromatic nitrogens is 2. The molecule has 0 atom stereocenters. The summed E-state index contributed by atoms with van der Waals surface area (Å²) in [5, 5.41) is 4.38. The summed E-state index contributed by atoms with van der Waals surface area (Å²) < 4.78 is 1.87. The van der Waals surface area contributed by atoms with Gasteiger partial charge in [0, 0.05) is 13.2 Å². The topological polar surface area (TPSA) is 43.8 Å². The Kier molecular flexibility index (Phi) is 3.29. The molecule has 68 valence electrons. The second-order valence-corrected chi connectivity index (χ2v) is 3.06. The molecule has 0 radical (unpaired) electrons. The molecular formula is C9H17N3. The Morgan fingerprint density at radius 2 is 2.25 bits per heavy atom. The lowest BCUT2D eigenvalue weighted by molar-refractivity contribution is 0.733. The van der Waals surface area contributed by atoms with Crippen molar-refractivity contribution in [3.05, 3.63) is 17.5 Å². The summed E-state index contributed by atoms with van der Waals surface area (Å²) in [6.45, 7) is 2.88. The molecule has 0 amide bonds. The van der Waals surface area contributed by atoms with Crippen LogP contribution in [0.2, 0.25) is 0 Å². The van der Waals surface area contributed by atoms with Crippen LogP contribution >= 0.6 is 0 Å². The predicted molar refractivity (Wildman–Crippen MR) is 50.0 cm³/mol. The lowest BCUT2D eigenvalue weighted by atomic mass is 10.1. The van der Waals surface area contributed by atoms with Crippen molar-refractivity contribution in [1.29, 1.82) is 0 Å². The highest BCUT2D eigenvalue weighted by molar-refractivity contribution is 5.17. The van der Waals surface area contributed by atoms with Crippen molar-refractivity contribution < 1.29 is 0 Å². The highest BCUT2D eigenvalue weighted by atomic mass is 15.2. The first kappa shape index (κ1) is 9.26. The smallest absolute Gasteiger partial charge is 0.0656 e. The van der Waals surface area contributed by atoms with E-state index in [1.807, 2.05) is 11.7 Å². The molecule has 1 rings (SSSR count). The van der Waals surface area contributed by atoms with Crippen LogP contribution in [0, 0.1) is 0 Å². The molecule has 0 spiro atoms. The summed E-state index contributed by atoms with van der Waals surface area (Å²) >= 11 is 0. The third-order valence-electron chi connectivity index (χ3n) is 1.89. The second-order valence-electron chi connectivity index (χ2n) is 3.06. The minimum atomic E-state index is 0.711. The fourth-order valence-electron chi connectivity index (χ4n) is 1.40. The maximum Gasteiger partial charge on any atom is 0.0656 e. The van der Waals surface area contributed by atoms with Crippen LogP contribution in [0.25, 0.3) is 0 Å². The third kappa shape index (κ3) is 2.08. The zero-order chi connectivity index (χ0) is 8.97. The molecule has 0 aromatic carbocycles. The van der Waals surface area contributed by atoms with Crippen LogP contribution in [0.5, 0.6) is 0 Å². The van der Waals surface area contributed by atoms with Gasteiger partial charge in [0.25, 0.3) is 0 Å². The van der Waals surface area contributed by atoms with Crippen molar-refractivity contribution in [2.24, 2.45) is 12.8 Å². The fraction of sp³-hybridized carbons (Fsp3) is 0.667. The first-order valence-corrected chi connectivity index (χ1v) is 4.49. The monoisotopic (exact) mass is 167 g/mol. The average Bonchev–Trinajstić information content (AvgIpc) is 2.33. The van der Waals surface area contributed by atoms with Crippen molar-refractivity contribution in [3.8, 4) is 0 Å². The van der Waals surface area contributed by atoms with Crippen LogP contribution in [-0.4, -0.2) is 16.3 Å². The molecular weight excluding hydrogens is 150 g/mol. The van der Waals surface area contributed by atoms with E-state index in [0.29, 0.717) is 6.54 Å². The Morgan fingerprint density at radius 1 is 1.50 bits per heavy atom. The molecule has 3 nitrogen and oxygen atoms in total. The fourth-order valence-corrected chi connectivity index (χ4v) is 1.40. The van der Waals surface area contributed by atoms with Gasteiger partial charge in [-0.05, 0) is 24.9 Å². The first-order chi connectivity index (χ1) is 5.77. The van der Waals surface area contributed by atoms with Crippen LogP contribution in [0.15, 0.2) is 6.20 Å². The van der Waals surface area contributed by atoms with E-state index in [0.717, 1.165) is 19.3 Å². The lowest BCUT2D eigenvalue weighted by Gasteiger charge is -1.96. The first-order valence-electron chi connectivity index (χ1n) is 4.49. The molecule has 0 saturated heterocycles. The Morgan fingerprint density at radius 3 is 2.83 bits per heavy atom. The van der Waals surface area contributed by atoms with Gasteiger partial charge < -0.3 is 5.73 Å². The maximum absolute atomic E-state index is 5.50. The molecule has 0 bridgehead atoms. The summed E-state index contributed by atoms with van der Waals surface area (Å²) in [4.78, 5) is 0. The molecule has 0 saturated carbocycles. The molecule has 3 heteroatoms. The second kappa shape index (κ2) is 4.26. The summed E-state index contributed by atoms with van der Waals surface area (Å²) in [7, 11) is 1.96. The van der Waals surface area contributed by atoms with Gasteiger partial charge in [-0.1, -0.05) is 13.3 Å². The van der Waals surface area contributed by atoms with Crippen LogP contribution in [0.3, 0.4) is 0 Å². The van der Waals surface area contributed by atoms with Gasteiger partial charge in [-0.3, -0.25) is 4.68 Å². The van der Waals surface area contributed by atoms with Crippen molar-refractivity contribution >= 4 is 0 Å². The molecule has 0 unspecified atom stereocenters. The predicted octanol–water partition coefficient (Wildman–Crippen LogP) is 0.874. The van der Waals surface area contributed by atoms with Crippen LogP contribution in [0.4, 0.5) is 0 Å². The number of rotatable bonds is 4. The summed E-state index contributed by atoms with van der Waals surface area (Å²) in [5.41, 5.74) is 8.02. The van der Waals surface area contributed by atoms with Gasteiger partial charge in [-0.25, -0.2) is 0 Å². The van der Waals surface area contributed by atoms with Gasteiger partial charge in [0.2, 0.25) is 0 Å². The van der Waals surface area contributed by atoms with Gasteiger partial charge in [-0.2, -0.15) is 5.10 Å². The summed E-state index contributed by atoms with van der Waals surface area (Å²) in [5.74, 6) is 0. The van der Waals surface area contributed by atoms with Crippen molar-refractivity contribution in [2.75, 3.05) is 6.54 Å². The maximum atomic E-state index is 5.50. The SMILES string of the molecule is CCCc1nn(C)cc1CCN. The number of nitrogens with two attached hydrogens (primary N) is 1. The van der Waals surface area contributed by atoms with E-state index >= 15 is 0 Å². The molecule has 1 aromatic heterocycles. The average molecular weight is 167 g/mol. The van der Waals surface area contributed by atoms with Crippen LogP contribution < -0.4 is 5.73 Å². The van der Waals surface area contributed by atoms with Crippen LogP contribution in [0.1, 0.15) is 24.6 Å². The Hall–Kier alpha value is -0.830. The van der Waals surface area contributed by atoms with E-state index in [1.54, 1.807) is 0 Å². The van der Waals surface area contributed by atoms with E-state index in [-0.39, 0.29) is 0 Å². The Bertz CT molecular complexity index is 216. The van der Waals surface area contributed by atoms with Crippen molar-refractivity contribution in [3.63, 3.8) is 0 Å². The summed E-state index contributed by atoms with van der Waals surface area (Å²) in [6, 6.07) is 0. The van der Waals surface area contributed by atoms with E-state index in [1.165, 1.54) is 11.3 Å². The standard InChI is InChI=1S/C9H17N3/c1-3-4-9-8(5-6-10)7-12(2)11-9/h7H,3-6,10H2,1-2H3. The van der Waals surface area contributed by atoms with E-state index < -0.39 is 0 Å². The Balaban J connectivity index is 2.76. The molecule has 0 aliphatic carbocycles. The van der Waals surface area contributed by atoms with Gasteiger partial charge in [0.15, 0.2) is 0 Å². The summed E-state index contributed by atoms with van der Waals surface area (Å²) in [6.07, 6.45) is 5.23. The number of hydrogen-bond acceptors (Lipinski definition) is 2. The van der Waals surface area contributed by atoms with E-state index in [9.17, 15) is 0 Å². The van der Waals surface area contributed by atoms with Crippen LogP contribution in [-0.2, 0) is 19.9 Å². The lowest BCUT2D eigenvalue weighted by Crippen LogP contribution is -2.03. The van der Waals surface area contributed by atoms with Crippen molar-refractivity contribution in [1.82, 2.24) is 9.78 Å². The molecule has 0 aliphatic heterocycles. The minimum absolute atomic E-state index is 0.711. The highest BCUT2D eigenvalue weighted by Gasteiger charge is 2.04. The molecule has 1 heterocycles. The number of nitrogens with zero attached hydrogens (tertiary/aromatic N) is 2. The molecule has 12 heavy (non-hydrogen) atoms. The normalized spacial score (nSPS) is 10.6. The third-order valence-corrected chi connectivity index (χ3v) is 1.89. The Labute approximate surface area is 73.6 Å². The van der Waals surface area contributed by atoms with E-state index in [2.05, 4.69) is 18.2 Å². The molecule has 0 fully saturated rings. The minimum Gasteiger partial charge on any atom is -0.330 e. The molecule has 1 aromatic rings. The zero-order valence-electron chi connectivity index (χ0n) is 7.88. The quantitative estimate of drug-likeness (QED) is 0.723. The van der Waals surface area contributed by atoms with Gasteiger partial charge in [-0.15, -0.1) is 0 Å². The highest BCUT2D eigenvalue weighted by Crippen LogP contribution is 2.08. The molecule has 2 N–H and O–H groups in total.